The van der Waals surface area contributed by atoms with Gasteiger partial charge in [0.2, 0.25) is 0 Å². The van der Waals surface area contributed by atoms with Crippen molar-refractivity contribution >= 4 is 11.4 Å². The van der Waals surface area contributed by atoms with E-state index in [0.29, 0.717) is 11.8 Å². The van der Waals surface area contributed by atoms with Crippen LogP contribution in [0.1, 0.15) is 33.3 Å². The number of para-hydroxylation sites is 2. The summed E-state index contributed by atoms with van der Waals surface area (Å²) in [6.07, 6.45) is 1.12. The van der Waals surface area contributed by atoms with Crippen molar-refractivity contribution < 1.29 is 0 Å². The molecule has 0 aliphatic heterocycles. The lowest BCUT2D eigenvalue weighted by molar-refractivity contribution is 0.633. The zero-order chi connectivity index (χ0) is 15.2. The number of hydrogen-bond donors (Lipinski definition) is 0. The van der Waals surface area contributed by atoms with Crippen LogP contribution in [0.2, 0.25) is 0 Å². The minimum atomic E-state index is 0.623. The van der Waals surface area contributed by atoms with Crippen molar-refractivity contribution in [3.05, 3.63) is 60.2 Å². The van der Waals surface area contributed by atoms with E-state index in [1.165, 1.54) is 16.9 Å². The van der Waals surface area contributed by atoms with Crippen molar-refractivity contribution in [3.63, 3.8) is 0 Å². The number of nitrogens with zero attached hydrogens (tertiary/aromatic N) is 1. The van der Waals surface area contributed by atoms with Gasteiger partial charge in [-0.15, -0.1) is 0 Å². The smallest absolute Gasteiger partial charge is 0.0443 e. The molecule has 0 unspecified atom stereocenters. The van der Waals surface area contributed by atoms with Crippen LogP contribution in [-0.4, -0.2) is 6.54 Å². The first-order valence-corrected chi connectivity index (χ1v) is 7.98. The van der Waals surface area contributed by atoms with Crippen LogP contribution in [0.5, 0.6) is 0 Å². The SMILES string of the molecule is CC(C)Cc1ccccc1N(CC(C)C)c1ccccc1. The maximum atomic E-state index is 2.46. The average molecular weight is 281 g/mol. The Balaban J connectivity index is 2.42. The molecule has 0 amide bonds. The summed E-state index contributed by atoms with van der Waals surface area (Å²) in [5.41, 5.74) is 4.07. The zero-order valence-electron chi connectivity index (χ0n) is 13.7. The van der Waals surface area contributed by atoms with Crippen molar-refractivity contribution in [1.29, 1.82) is 0 Å². The van der Waals surface area contributed by atoms with Crippen LogP contribution in [0, 0.1) is 11.8 Å². The van der Waals surface area contributed by atoms with Gasteiger partial charge in [0.15, 0.2) is 0 Å². The van der Waals surface area contributed by atoms with Crippen LogP contribution < -0.4 is 4.90 Å². The lowest BCUT2D eigenvalue weighted by Crippen LogP contribution is -2.23. The molecule has 112 valence electrons. The normalized spacial score (nSPS) is 11.1. The Hall–Kier alpha value is -1.76. The van der Waals surface area contributed by atoms with E-state index in [1.54, 1.807) is 0 Å². The third kappa shape index (κ3) is 4.35. The topological polar surface area (TPSA) is 3.24 Å². The van der Waals surface area contributed by atoms with Gasteiger partial charge in [0, 0.05) is 17.9 Å². The Labute approximate surface area is 129 Å². The lowest BCUT2D eigenvalue weighted by Gasteiger charge is -2.29. The predicted octanol–water partition coefficient (Wildman–Crippen LogP) is 5.68. The predicted molar refractivity (Wildman–Crippen MR) is 93.3 cm³/mol. The van der Waals surface area contributed by atoms with Crippen LogP contribution in [0.15, 0.2) is 54.6 Å². The third-order valence-corrected chi connectivity index (χ3v) is 3.53. The highest BCUT2D eigenvalue weighted by atomic mass is 15.1. The fourth-order valence-corrected chi connectivity index (χ4v) is 2.70. The van der Waals surface area contributed by atoms with E-state index in [4.69, 9.17) is 0 Å². The van der Waals surface area contributed by atoms with Crippen LogP contribution in [-0.2, 0) is 6.42 Å². The summed E-state index contributed by atoms with van der Waals surface area (Å²) in [5, 5.41) is 0. The van der Waals surface area contributed by atoms with Crippen LogP contribution in [0.3, 0.4) is 0 Å². The Morgan fingerprint density at radius 2 is 1.38 bits per heavy atom. The standard InChI is InChI=1S/C20H27N/c1-16(2)14-18-10-8-9-13-20(18)21(15-17(3)4)19-11-6-5-7-12-19/h5-13,16-17H,14-15H2,1-4H3. The maximum absolute atomic E-state index is 2.46. The summed E-state index contributed by atoms with van der Waals surface area (Å²) < 4.78 is 0. The molecule has 2 aromatic carbocycles. The molecule has 2 rings (SSSR count). The van der Waals surface area contributed by atoms with Crippen LogP contribution >= 0.6 is 0 Å². The summed E-state index contributed by atoms with van der Waals surface area (Å²) in [6, 6.07) is 19.6. The Morgan fingerprint density at radius 3 is 2.00 bits per heavy atom. The first kappa shape index (κ1) is 15.6. The van der Waals surface area contributed by atoms with Gasteiger partial charge < -0.3 is 4.90 Å². The molecule has 0 atom stereocenters. The molecule has 0 radical (unpaired) electrons. The highest BCUT2D eigenvalue weighted by Gasteiger charge is 2.14. The summed E-state index contributed by atoms with van der Waals surface area (Å²) >= 11 is 0. The number of rotatable bonds is 6. The summed E-state index contributed by atoms with van der Waals surface area (Å²) in [5.74, 6) is 1.29. The molecule has 0 saturated heterocycles. The minimum absolute atomic E-state index is 0.623. The van der Waals surface area contributed by atoms with Crippen molar-refractivity contribution in [2.45, 2.75) is 34.1 Å². The maximum Gasteiger partial charge on any atom is 0.0443 e. The monoisotopic (exact) mass is 281 g/mol. The van der Waals surface area contributed by atoms with Crippen molar-refractivity contribution in [2.24, 2.45) is 11.8 Å². The van der Waals surface area contributed by atoms with Gasteiger partial charge in [-0.2, -0.15) is 0 Å². The second kappa shape index (κ2) is 7.31. The zero-order valence-corrected chi connectivity index (χ0v) is 13.7. The van der Waals surface area contributed by atoms with Gasteiger partial charge in [-0.05, 0) is 42.0 Å². The third-order valence-electron chi connectivity index (χ3n) is 3.53. The molecule has 0 N–H and O–H groups in total. The van der Waals surface area contributed by atoms with E-state index in [-0.39, 0.29) is 0 Å². The molecule has 0 aromatic heterocycles. The molecule has 1 nitrogen and oxygen atoms in total. The van der Waals surface area contributed by atoms with E-state index in [9.17, 15) is 0 Å². The molecule has 2 aromatic rings. The number of hydrogen-bond acceptors (Lipinski definition) is 1. The van der Waals surface area contributed by atoms with E-state index >= 15 is 0 Å². The molecule has 0 bridgehead atoms. The van der Waals surface area contributed by atoms with Gasteiger partial charge in [0.1, 0.15) is 0 Å². The summed E-state index contributed by atoms with van der Waals surface area (Å²) in [4.78, 5) is 2.46. The Morgan fingerprint density at radius 1 is 0.762 bits per heavy atom. The molecule has 0 saturated carbocycles. The van der Waals surface area contributed by atoms with Gasteiger partial charge in [-0.25, -0.2) is 0 Å². The van der Waals surface area contributed by atoms with Crippen molar-refractivity contribution in [2.75, 3.05) is 11.4 Å². The van der Waals surface area contributed by atoms with Crippen molar-refractivity contribution in [3.8, 4) is 0 Å². The summed E-state index contributed by atoms with van der Waals surface area (Å²) in [7, 11) is 0. The Kier molecular flexibility index (Phi) is 5.44. The first-order valence-electron chi connectivity index (χ1n) is 7.98. The average Bonchev–Trinajstić information content (AvgIpc) is 2.46. The quantitative estimate of drug-likeness (QED) is 0.658. The molecular weight excluding hydrogens is 254 g/mol. The molecule has 0 aliphatic rings. The Bertz CT molecular complexity index is 543. The number of anilines is 2. The van der Waals surface area contributed by atoms with E-state index in [2.05, 4.69) is 87.2 Å². The molecular formula is C20H27N. The fourth-order valence-electron chi connectivity index (χ4n) is 2.70. The summed E-state index contributed by atoms with van der Waals surface area (Å²) in [6.45, 7) is 10.2. The van der Waals surface area contributed by atoms with Gasteiger partial charge in [0.25, 0.3) is 0 Å². The second-order valence-electron chi connectivity index (χ2n) is 6.57. The number of benzene rings is 2. The molecule has 1 heteroatoms. The van der Waals surface area contributed by atoms with Gasteiger partial charge in [-0.1, -0.05) is 64.1 Å². The molecule has 0 aliphatic carbocycles. The van der Waals surface area contributed by atoms with E-state index < -0.39 is 0 Å². The molecule has 0 spiro atoms. The fraction of sp³-hybridized carbons (Fsp3) is 0.400. The highest BCUT2D eigenvalue weighted by Crippen LogP contribution is 2.30. The highest BCUT2D eigenvalue weighted by molar-refractivity contribution is 5.66. The van der Waals surface area contributed by atoms with Gasteiger partial charge in [0.05, 0.1) is 0 Å². The van der Waals surface area contributed by atoms with Crippen LogP contribution in [0.4, 0.5) is 11.4 Å². The van der Waals surface area contributed by atoms with E-state index in [1.807, 2.05) is 0 Å². The van der Waals surface area contributed by atoms with Gasteiger partial charge in [-0.3, -0.25) is 0 Å². The second-order valence-corrected chi connectivity index (χ2v) is 6.57. The first-order chi connectivity index (χ1) is 10.1. The van der Waals surface area contributed by atoms with E-state index in [0.717, 1.165) is 13.0 Å². The molecule has 0 heterocycles. The van der Waals surface area contributed by atoms with Gasteiger partial charge >= 0.3 is 0 Å². The molecule has 21 heavy (non-hydrogen) atoms. The lowest BCUT2D eigenvalue weighted by atomic mass is 10.00. The van der Waals surface area contributed by atoms with Crippen LogP contribution in [0.25, 0.3) is 0 Å². The molecule has 0 fully saturated rings. The largest absolute Gasteiger partial charge is 0.341 e. The van der Waals surface area contributed by atoms with Crippen molar-refractivity contribution in [1.82, 2.24) is 0 Å². The minimum Gasteiger partial charge on any atom is -0.341 e.